The molecular weight excluding hydrogens is 375 g/mol. The normalized spacial score (nSPS) is 15.3. The van der Waals surface area contributed by atoms with Gasteiger partial charge in [0, 0.05) is 0 Å². The lowest BCUT2D eigenvalue weighted by atomic mass is 9.93. The van der Waals surface area contributed by atoms with Gasteiger partial charge < -0.3 is 20.2 Å². The van der Waals surface area contributed by atoms with E-state index < -0.39 is 34.6 Å². The standard InChI is InChI=1S/C19H20F3N3O3/c1-11-3-6-15(14(21)7-11)24-17-12(4-5-13(20)16(17)22)18(26)25-9-19(27,10-25)8-23-28-2/h3-7,23-24,27H,8-10H2,1-2H3. The van der Waals surface area contributed by atoms with Crippen molar-refractivity contribution in [3.63, 3.8) is 0 Å². The molecule has 9 heteroatoms. The van der Waals surface area contributed by atoms with Crippen molar-refractivity contribution < 1.29 is 27.9 Å². The zero-order chi connectivity index (χ0) is 20.5. The first-order valence-corrected chi connectivity index (χ1v) is 8.53. The van der Waals surface area contributed by atoms with Gasteiger partial charge in [-0.15, -0.1) is 0 Å². The maximum absolute atomic E-state index is 14.4. The molecule has 0 saturated carbocycles. The molecule has 1 heterocycles. The van der Waals surface area contributed by atoms with Crippen molar-refractivity contribution in [1.29, 1.82) is 0 Å². The molecule has 3 rings (SSSR count). The van der Waals surface area contributed by atoms with Crippen LogP contribution in [-0.4, -0.2) is 48.3 Å². The summed E-state index contributed by atoms with van der Waals surface area (Å²) in [5, 5.41) is 12.7. The van der Waals surface area contributed by atoms with E-state index in [0.717, 1.165) is 12.1 Å². The number of carbonyl (C=O) groups is 1. The number of hydroxylamine groups is 1. The molecule has 0 aliphatic carbocycles. The van der Waals surface area contributed by atoms with Crippen LogP contribution in [0.1, 0.15) is 15.9 Å². The zero-order valence-electron chi connectivity index (χ0n) is 15.4. The average Bonchev–Trinajstić information content (AvgIpc) is 2.63. The average molecular weight is 395 g/mol. The van der Waals surface area contributed by atoms with Gasteiger partial charge in [0.2, 0.25) is 0 Å². The number of hydrogen-bond acceptors (Lipinski definition) is 5. The molecule has 0 spiro atoms. The third kappa shape index (κ3) is 3.96. The zero-order valence-corrected chi connectivity index (χ0v) is 15.4. The molecule has 0 unspecified atom stereocenters. The highest BCUT2D eigenvalue weighted by molar-refractivity contribution is 6.01. The Labute approximate surface area is 159 Å². The van der Waals surface area contributed by atoms with Gasteiger partial charge in [0.25, 0.3) is 5.91 Å². The van der Waals surface area contributed by atoms with Crippen molar-refractivity contribution in [2.24, 2.45) is 0 Å². The Morgan fingerprint density at radius 1 is 1.21 bits per heavy atom. The maximum atomic E-state index is 14.4. The SMILES string of the molecule is CONCC1(O)CN(C(=O)c2ccc(F)c(F)c2Nc2ccc(C)cc2F)C1. The molecule has 1 fully saturated rings. The van der Waals surface area contributed by atoms with Crippen LogP contribution >= 0.6 is 0 Å². The molecule has 1 amide bonds. The largest absolute Gasteiger partial charge is 0.385 e. The number of benzene rings is 2. The predicted octanol–water partition coefficient (Wildman–Crippen LogP) is 2.49. The molecule has 1 aliphatic rings. The molecule has 28 heavy (non-hydrogen) atoms. The lowest BCUT2D eigenvalue weighted by Gasteiger charge is -2.46. The topological polar surface area (TPSA) is 73.8 Å². The van der Waals surface area contributed by atoms with E-state index >= 15 is 0 Å². The van der Waals surface area contributed by atoms with Crippen molar-refractivity contribution in [1.82, 2.24) is 10.4 Å². The third-order valence-corrected chi connectivity index (χ3v) is 4.51. The Hall–Kier alpha value is -2.62. The van der Waals surface area contributed by atoms with Crippen LogP contribution in [-0.2, 0) is 4.84 Å². The van der Waals surface area contributed by atoms with E-state index in [2.05, 4.69) is 15.6 Å². The summed E-state index contributed by atoms with van der Waals surface area (Å²) in [5.41, 5.74) is 1.27. The fourth-order valence-corrected chi connectivity index (χ4v) is 3.00. The van der Waals surface area contributed by atoms with Gasteiger partial charge in [-0.2, -0.15) is 5.48 Å². The van der Waals surface area contributed by atoms with Gasteiger partial charge in [-0.1, -0.05) is 6.07 Å². The number of aryl methyl sites for hydroxylation is 1. The van der Waals surface area contributed by atoms with Gasteiger partial charge in [0.15, 0.2) is 11.6 Å². The van der Waals surface area contributed by atoms with Crippen LogP contribution in [0.5, 0.6) is 0 Å². The summed E-state index contributed by atoms with van der Waals surface area (Å²) in [6.07, 6.45) is 0. The van der Waals surface area contributed by atoms with Gasteiger partial charge in [-0.3, -0.25) is 4.79 Å². The first-order valence-electron chi connectivity index (χ1n) is 8.53. The Morgan fingerprint density at radius 3 is 2.57 bits per heavy atom. The number of aliphatic hydroxyl groups is 1. The van der Waals surface area contributed by atoms with Crippen LogP contribution in [0.25, 0.3) is 0 Å². The van der Waals surface area contributed by atoms with Crippen molar-refractivity contribution in [2.45, 2.75) is 12.5 Å². The smallest absolute Gasteiger partial charge is 0.256 e. The van der Waals surface area contributed by atoms with Gasteiger partial charge in [0.1, 0.15) is 11.4 Å². The summed E-state index contributed by atoms with van der Waals surface area (Å²) in [5.74, 6) is -3.74. The second kappa shape index (κ2) is 7.78. The molecule has 1 aliphatic heterocycles. The Balaban J connectivity index is 1.86. The number of rotatable bonds is 6. The molecule has 0 atom stereocenters. The van der Waals surface area contributed by atoms with Crippen LogP contribution < -0.4 is 10.8 Å². The molecule has 0 radical (unpaired) electrons. The predicted molar refractivity (Wildman–Crippen MR) is 96.6 cm³/mol. The van der Waals surface area contributed by atoms with Gasteiger partial charge >= 0.3 is 0 Å². The fourth-order valence-electron chi connectivity index (χ4n) is 3.00. The van der Waals surface area contributed by atoms with E-state index in [4.69, 9.17) is 0 Å². The van der Waals surface area contributed by atoms with E-state index in [0.29, 0.717) is 5.56 Å². The molecule has 2 aromatic rings. The summed E-state index contributed by atoms with van der Waals surface area (Å²) in [6.45, 7) is 1.76. The number of likely N-dealkylation sites (tertiary alicyclic amines) is 1. The lowest BCUT2D eigenvalue weighted by molar-refractivity contribution is -0.0992. The second-order valence-electron chi connectivity index (χ2n) is 6.80. The third-order valence-electron chi connectivity index (χ3n) is 4.51. The minimum absolute atomic E-state index is 0.0144. The van der Waals surface area contributed by atoms with E-state index in [1.807, 2.05) is 0 Å². The summed E-state index contributed by atoms with van der Waals surface area (Å²) >= 11 is 0. The summed E-state index contributed by atoms with van der Waals surface area (Å²) in [7, 11) is 1.40. The number of halogens is 3. The van der Waals surface area contributed by atoms with Crippen molar-refractivity contribution in [3.05, 3.63) is 58.9 Å². The Bertz CT molecular complexity index is 901. The minimum Gasteiger partial charge on any atom is -0.385 e. The Kier molecular flexibility index (Phi) is 5.59. The highest BCUT2D eigenvalue weighted by Crippen LogP contribution is 2.31. The van der Waals surface area contributed by atoms with Crippen LogP contribution in [0.15, 0.2) is 30.3 Å². The molecule has 150 valence electrons. The number of carbonyl (C=O) groups excluding carboxylic acids is 1. The summed E-state index contributed by atoms with van der Waals surface area (Å²) in [6, 6.07) is 6.17. The lowest BCUT2D eigenvalue weighted by Crippen LogP contribution is -2.67. The molecule has 2 aromatic carbocycles. The first kappa shape index (κ1) is 20.1. The van der Waals surface area contributed by atoms with E-state index in [1.54, 1.807) is 13.0 Å². The van der Waals surface area contributed by atoms with E-state index in [9.17, 15) is 23.1 Å². The number of β-amino-alcohol motifs (C(OH)–C–C–N with tert-alkyl or cyclic N) is 1. The number of amides is 1. The van der Waals surface area contributed by atoms with Crippen molar-refractivity contribution >= 4 is 17.3 Å². The number of nitrogens with zero attached hydrogens (tertiary/aromatic N) is 1. The van der Waals surface area contributed by atoms with E-state index in [1.165, 1.54) is 24.1 Å². The Morgan fingerprint density at radius 2 is 1.93 bits per heavy atom. The maximum Gasteiger partial charge on any atom is 0.256 e. The van der Waals surface area contributed by atoms with E-state index in [-0.39, 0.29) is 30.9 Å². The molecular formula is C19H20F3N3O3. The van der Waals surface area contributed by atoms with Gasteiger partial charge in [-0.05, 0) is 36.8 Å². The summed E-state index contributed by atoms with van der Waals surface area (Å²) in [4.78, 5) is 18.7. The van der Waals surface area contributed by atoms with Crippen LogP contribution in [0.2, 0.25) is 0 Å². The quantitative estimate of drug-likeness (QED) is 0.656. The second-order valence-corrected chi connectivity index (χ2v) is 6.80. The molecule has 1 saturated heterocycles. The van der Waals surface area contributed by atoms with Gasteiger partial charge in [-0.25, -0.2) is 13.2 Å². The van der Waals surface area contributed by atoms with Crippen LogP contribution in [0, 0.1) is 24.4 Å². The fraction of sp³-hybridized carbons (Fsp3) is 0.316. The first-order chi connectivity index (χ1) is 13.2. The molecule has 0 bridgehead atoms. The number of nitrogens with one attached hydrogen (secondary N) is 2. The van der Waals surface area contributed by atoms with Crippen molar-refractivity contribution in [2.75, 3.05) is 32.1 Å². The van der Waals surface area contributed by atoms with Gasteiger partial charge in [0.05, 0.1) is 43.7 Å². The van der Waals surface area contributed by atoms with Crippen LogP contribution in [0.3, 0.4) is 0 Å². The molecule has 6 nitrogen and oxygen atoms in total. The molecule has 0 aromatic heterocycles. The highest BCUT2D eigenvalue weighted by atomic mass is 19.2. The van der Waals surface area contributed by atoms with Crippen LogP contribution in [0.4, 0.5) is 24.5 Å². The number of hydrogen-bond donors (Lipinski definition) is 3. The summed E-state index contributed by atoms with van der Waals surface area (Å²) < 4.78 is 42.3. The molecule has 3 N–H and O–H groups in total. The highest BCUT2D eigenvalue weighted by Gasteiger charge is 2.44. The number of anilines is 2. The van der Waals surface area contributed by atoms with Crippen molar-refractivity contribution in [3.8, 4) is 0 Å². The monoisotopic (exact) mass is 395 g/mol. The minimum atomic E-state index is -1.29.